The Labute approximate surface area is 550 Å². The van der Waals surface area contributed by atoms with E-state index in [9.17, 15) is 30.3 Å². The van der Waals surface area contributed by atoms with E-state index in [2.05, 4.69) is 92.1 Å². The van der Waals surface area contributed by atoms with Gasteiger partial charge in [-0.2, -0.15) is 0 Å². The van der Waals surface area contributed by atoms with Crippen LogP contribution in [0.3, 0.4) is 0 Å². The van der Waals surface area contributed by atoms with Gasteiger partial charge in [0.25, 0.3) is 0 Å². The molecule has 0 aliphatic carbocycles. The second kappa shape index (κ2) is 68.2. The predicted octanol–water partition coefficient (Wildman–Crippen LogP) is 21.6. The molecule has 1 aliphatic heterocycles. The number of nitrogens with one attached hydrogen (secondary N) is 1. The maximum Gasteiger partial charge on any atom is 0.220 e. The van der Waals surface area contributed by atoms with Crippen LogP contribution in [0.4, 0.5) is 0 Å². The first kappa shape index (κ1) is 84.4. The molecule has 7 unspecified atom stereocenters. The number of hydrogen-bond donors (Lipinski definition) is 6. The van der Waals surface area contributed by atoms with E-state index in [1.807, 2.05) is 6.08 Å². The van der Waals surface area contributed by atoms with Crippen molar-refractivity contribution in [3.8, 4) is 0 Å². The van der Waals surface area contributed by atoms with Gasteiger partial charge in [0, 0.05) is 6.42 Å². The van der Waals surface area contributed by atoms with Gasteiger partial charge in [-0.1, -0.05) is 369 Å². The predicted molar refractivity (Wildman–Crippen MR) is 382 cm³/mol. The standard InChI is InChI=1S/C80H145NO8/c1-3-5-7-9-11-13-15-17-19-21-23-25-27-29-31-33-35-37-39-41-43-45-47-49-51-53-55-57-59-61-63-65-67-69-74(83)73(72-88-80-79(87)78(86)77(85)75(71-82)89-80)81-76(84)70-68-66-64-62-60-58-56-54-52-50-48-46-44-42-40-38-36-34-32-30-28-26-24-22-20-18-16-14-12-10-8-6-4-2/h6,8,12,14,18,20,24,26,30,32,36,38,67,69,73-75,77-80,82-83,85-87H,3-5,7,9-11,13,15-17,19,21-23,25,27-29,31,33-35,37,39-66,68,70-72H2,1-2H3,(H,81,84)/b8-6-,14-12-,20-18-,26-24-,32-30-,38-36-,69-67+. The second-order valence-electron chi connectivity index (χ2n) is 26.4. The topological polar surface area (TPSA) is 149 Å². The number of allylic oxidation sites excluding steroid dienone is 13. The van der Waals surface area contributed by atoms with Gasteiger partial charge in [0.1, 0.15) is 24.4 Å². The number of rotatable bonds is 67. The van der Waals surface area contributed by atoms with Crippen molar-refractivity contribution < 1.29 is 39.8 Å². The quantitative estimate of drug-likeness (QED) is 0.0261. The average Bonchev–Trinajstić information content (AvgIpc) is 2.28. The molecule has 0 radical (unpaired) electrons. The highest BCUT2D eigenvalue weighted by molar-refractivity contribution is 5.76. The zero-order valence-corrected chi connectivity index (χ0v) is 58.2. The summed E-state index contributed by atoms with van der Waals surface area (Å²) in [7, 11) is 0. The first-order valence-electron chi connectivity index (χ1n) is 38.3. The van der Waals surface area contributed by atoms with Crippen LogP contribution in [0.5, 0.6) is 0 Å². The third-order valence-corrected chi connectivity index (χ3v) is 18.0. The van der Waals surface area contributed by atoms with Crippen LogP contribution in [0.1, 0.15) is 361 Å². The van der Waals surface area contributed by atoms with Gasteiger partial charge in [-0.15, -0.1) is 0 Å². The molecular weight excluding hydrogens is 1100 g/mol. The summed E-state index contributed by atoms with van der Waals surface area (Å²) in [6.07, 6.45) is 91.4. The lowest BCUT2D eigenvalue weighted by Crippen LogP contribution is -2.60. The van der Waals surface area contributed by atoms with Gasteiger partial charge in [0.05, 0.1) is 25.4 Å². The van der Waals surface area contributed by atoms with Crippen LogP contribution in [0.15, 0.2) is 85.1 Å². The first-order chi connectivity index (χ1) is 43.8. The molecule has 0 aromatic heterocycles. The maximum absolute atomic E-state index is 13.2. The van der Waals surface area contributed by atoms with Crippen LogP contribution in [0, 0.1) is 0 Å². The number of unbranched alkanes of at least 4 members (excludes halogenated alkanes) is 45. The minimum atomic E-state index is -1.57. The number of amides is 1. The number of carbonyl (C=O) groups excluding carboxylic acids is 1. The molecule has 1 amide bonds. The van der Waals surface area contributed by atoms with E-state index >= 15 is 0 Å². The third-order valence-electron chi connectivity index (χ3n) is 18.0. The molecule has 1 aliphatic rings. The van der Waals surface area contributed by atoms with Crippen LogP contribution < -0.4 is 5.32 Å². The third kappa shape index (κ3) is 56.6. The lowest BCUT2D eigenvalue weighted by molar-refractivity contribution is -0.302. The van der Waals surface area contributed by atoms with Gasteiger partial charge in [-0.3, -0.25) is 4.79 Å². The molecule has 89 heavy (non-hydrogen) atoms. The Hall–Kier alpha value is -2.63. The summed E-state index contributed by atoms with van der Waals surface area (Å²) in [6, 6.07) is -0.812. The molecule has 0 aromatic rings. The normalized spacial score (nSPS) is 18.3. The van der Waals surface area contributed by atoms with E-state index in [4.69, 9.17) is 9.47 Å². The molecule has 1 rings (SSSR count). The average molecular weight is 1250 g/mol. The number of aliphatic hydroxyl groups is 5. The van der Waals surface area contributed by atoms with Crippen molar-refractivity contribution in [2.75, 3.05) is 13.2 Å². The SMILES string of the molecule is CC/C=C\C/C=C\C/C=C\C/C=C\C/C=C\C/C=C\CCCCCCCCCCCCCCCCC(=O)NC(COC1OC(CO)C(O)C(O)C1O)C(O)/C=C/CCCCCCCCCCCCCCCCCCCCCCCCCCCCCCCCC. The highest BCUT2D eigenvalue weighted by atomic mass is 16.7. The van der Waals surface area contributed by atoms with Crippen LogP contribution in [0.25, 0.3) is 0 Å². The Morgan fingerprint density at radius 2 is 0.697 bits per heavy atom. The van der Waals surface area contributed by atoms with E-state index in [0.717, 1.165) is 77.0 Å². The Kier molecular flexibility index (Phi) is 64.7. The summed E-state index contributed by atoms with van der Waals surface area (Å²) >= 11 is 0. The fraction of sp³-hybridized carbons (Fsp3) is 0.812. The molecule has 0 spiro atoms. The Morgan fingerprint density at radius 1 is 0.393 bits per heavy atom. The number of hydrogen-bond acceptors (Lipinski definition) is 8. The smallest absolute Gasteiger partial charge is 0.220 e. The monoisotopic (exact) mass is 1250 g/mol. The summed E-state index contributed by atoms with van der Waals surface area (Å²) in [5, 5.41) is 54.9. The molecule has 0 saturated carbocycles. The van der Waals surface area contributed by atoms with E-state index < -0.39 is 49.5 Å². The lowest BCUT2D eigenvalue weighted by Gasteiger charge is -2.40. The minimum Gasteiger partial charge on any atom is -0.394 e. The van der Waals surface area contributed by atoms with Gasteiger partial charge >= 0.3 is 0 Å². The van der Waals surface area contributed by atoms with Crippen molar-refractivity contribution in [2.24, 2.45) is 0 Å². The van der Waals surface area contributed by atoms with Crippen molar-refractivity contribution in [3.05, 3.63) is 85.1 Å². The molecule has 6 N–H and O–H groups in total. The highest BCUT2D eigenvalue weighted by Gasteiger charge is 2.44. The molecule has 1 heterocycles. The first-order valence-corrected chi connectivity index (χ1v) is 38.3. The minimum absolute atomic E-state index is 0.175. The summed E-state index contributed by atoms with van der Waals surface area (Å²) in [6.45, 7) is 3.71. The Morgan fingerprint density at radius 3 is 1.03 bits per heavy atom. The number of carbonyl (C=O) groups is 1. The van der Waals surface area contributed by atoms with E-state index in [0.29, 0.717) is 6.42 Å². The van der Waals surface area contributed by atoms with Crippen LogP contribution in [-0.4, -0.2) is 87.5 Å². The summed E-state index contributed by atoms with van der Waals surface area (Å²) in [4.78, 5) is 13.2. The van der Waals surface area contributed by atoms with Gasteiger partial charge < -0.3 is 40.3 Å². The van der Waals surface area contributed by atoms with Crippen molar-refractivity contribution in [3.63, 3.8) is 0 Å². The fourth-order valence-corrected chi connectivity index (χ4v) is 12.0. The molecule has 0 aromatic carbocycles. The number of ether oxygens (including phenoxy) is 2. The molecule has 1 fully saturated rings. The molecule has 7 atom stereocenters. The summed E-state index contributed by atoms with van der Waals surface area (Å²) in [5.74, 6) is -0.175. The Bertz CT molecular complexity index is 1690. The molecular formula is C80H145NO8. The van der Waals surface area contributed by atoms with Crippen LogP contribution >= 0.6 is 0 Å². The zero-order valence-electron chi connectivity index (χ0n) is 58.2. The van der Waals surface area contributed by atoms with Crippen molar-refractivity contribution in [1.82, 2.24) is 5.32 Å². The maximum atomic E-state index is 13.2. The van der Waals surface area contributed by atoms with Gasteiger partial charge in [0.15, 0.2) is 6.29 Å². The van der Waals surface area contributed by atoms with Crippen molar-refractivity contribution in [1.29, 1.82) is 0 Å². The Balaban J connectivity index is 2.10. The fourth-order valence-electron chi connectivity index (χ4n) is 12.0. The summed E-state index contributed by atoms with van der Waals surface area (Å²) < 4.78 is 11.3. The van der Waals surface area contributed by atoms with Gasteiger partial charge in [0.2, 0.25) is 5.91 Å². The molecule has 9 nitrogen and oxygen atoms in total. The molecule has 518 valence electrons. The highest BCUT2D eigenvalue weighted by Crippen LogP contribution is 2.24. The largest absolute Gasteiger partial charge is 0.394 e. The lowest BCUT2D eigenvalue weighted by atomic mass is 9.99. The molecule has 0 bridgehead atoms. The van der Waals surface area contributed by atoms with Crippen LogP contribution in [-0.2, 0) is 14.3 Å². The second-order valence-corrected chi connectivity index (χ2v) is 26.4. The van der Waals surface area contributed by atoms with Gasteiger partial charge in [-0.05, 0) is 70.6 Å². The van der Waals surface area contributed by atoms with Crippen molar-refractivity contribution >= 4 is 5.91 Å². The van der Waals surface area contributed by atoms with E-state index in [1.165, 1.54) is 263 Å². The summed E-state index contributed by atoms with van der Waals surface area (Å²) in [5.41, 5.74) is 0. The van der Waals surface area contributed by atoms with E-state index in [1.54, 1.807) is 6.08 Å². The number of aliphatic hydroxyl groups excluding tert-OH is 5. The van der Waals surface area contributed by atoms with Crippen molar-refractivity contribution in [2.45, 2.75) is 403 Å². The van der Waals surface area contributed by atoms with E-state index in [-0.39, 0.29) is 12.5 Å². The molecule has 1 saturated heterocycles. The molecule has 9 heteroatoms. The van der Waals surface area contributed by atoms with Crippen LogP contribution in [0.2, 0.25) is 0 Å². The zero-order chi connectivity index (χ0) is 64.2. The van der Waals surface area contributed by atoms with Gasteiger partial charge in [-0.25, -0.2) is 0 Å².